The van der Waals surface area contributed by atoms with Gasteiger partial charge in [0.05, 0.1) is 19.3 Å². The van der Waals surface area contributed by atoms with Gasteiger partial charge >= 0.3 is 0 Å². The summed E-state index contributed by atoms with van der Waals surface area (Å²) in [6.45, 7) is 5.09. The smallest absolute Gasteiger partial charge is 0.224 e. The van der Waals surface area contributed by atoms with E-state index in [-0.39, 0.29) is 11.9 Å². The molecule has 1 aromatic rings. The summed E-state index contributed by atoms with van der Waals surface area (Å²) in [4.78, 5) is 11.3. The van der Waals surface area contributed by atoms with Crippen molar-refractivity contribution in [3.05, 3.63) is 23.8 Å². The topological polar surface area (TPSA) is 59.6 Å². The van der Waals surface area contributed by atoms with E-state index in [0.29, 0.717) is 19.6 Å². The van der Waals surface area contributed by atoms with Crippen molar-refractivity contribution >= 4 is 17.3 Å². The first-order valence-electron chi connectivity index (χ1n) is 6.99. The number of aryl methyl sites for hydroxylation is 1. The average Bonchev–Trinajstić information content (AvgIpc) is 2.41. The number of carbonyl (C=O) groups is 1. The van der Waals surface area contributed by atoms with Crippen molar-refractivity contribution in [2.24, 2.45) is 0 Å². The van der Waals surface area contributed by atoms with Crippen molar-refractivity contribution in [3.8, 4) is 0 Å². The molecule has 0 aliphatic carbocycles. The van der Waals surface area contributed by atoms with Crippen LogP contribution in [0.2, 0.25) is 0 Å². The summed E-state index contributed by atoms with van der Waals surface area (Å²) in [5, 5.41) is 6.30. The third-order valence-corrected chi connectivity index (χ3v) is 3.64. The van der Waals surface area contributed by atoms with Gasteiger partial charge in [-0.3, -0.25) is 4.79 Å². The van der Waals surface area contributed by atoms with Crippen LogP contribution in [0, 0.1) is 0 Å². The zero-order valence-corrected chi connectivity index (χ0v) is 11.9. The molecule has 2 N–H and O–H groups in total. The molecule has 0 unspecified atom stereocenters. The molecule has 5 heteroatoms. The summed E-state index contributed by atoms with van der Waals surface area (Å²) in [5.74, 6) is -0.396. The summed E-state index contributed by atoms with van der Waals surface area (Å²) in [5.41, 5.74) is 3.13. The van der Waals surface area contributed by atoms with Crippen LogP contribution in [0.15, 0.2) is 18.2 Å². The van der Waals surface area contributed by atoms with E-state index in [2.05, 4.69) is 16.7 Å². The van der Waals surface area contributed by atoms with Crippen LogP contribution in [0.3, 0.4) is 0 Å². The monoisotopic (exact) mass is 276 g/mol. The Labute approximate surface area is 118 Å². The van der Waals surface area contributed by atoms with Gasteiger partial charge in [0.1, 0.15) is 0 Å². The number of hydrogen-bond acceptors (Lipinski definition) is 4. The van der Waals surface area contributed by atoms with Gasteiger partial charge in [-0.2, -0.15) is 0 Å². The number of benzene rings is 1. The fourth-order valence-corrected chi connectivity index (χ4v) is 2.48. The molecule has 0 saturated carbocycles. The molecule has 1 fully saturated rings. The highest BCUT2D eigenvalue weighted by molar-refractivity contribution is 5.94. The SMILES string of the molecule is CC1(C)OCC(Nc2ccc3c(c2)CCC(=O)N3)CO1. The molecule has 1 aromatic carbocycles. The molecule has 2 heterocycles. The molecule has 20 heavy (non-hydrogen) atoms. The maximum atomic E-state index is 11.3. The van der Waals surface area contributed by atoms with E-state index in [4.69, 9.17) is 9.47 Å². The summed E-state index contributed by atoms with van der Waals surface area (Å²) in [6, 6.07) is 6.17. The molecule has 5 nitrogen and oxygen atoms in total. The normalized spacial score (nSPS) is 22.0. The van der Waals surface area contributed by atoms with E-state index >= 15 is 0 Å². The minimum Gasteiger partial charge on any atom is -0.378 e. The molecular formula is C15H20N2O3. The van der Waals surface area contributed by atoms with Crippen molar-refractivity contribution in [1.29, 1.82) is 0 Å². The second-order valence-electron chi connectivity index (χ2n) is 5.78. The quantitative estimate of drug-likeness (QED) is 0.869. The lowest BCUT2D eigenvalue weighted by molar-refractivity contribution is -0.247. The van der Waals surface area contributed by atoms with Gasteiger partial charge < -0.3 is 20.1 Å². The van der Waals surface area contributed by atoms with Gasteiger partial charge in [0.15, 0.2) is 5.79 Å². The first-order chi connectivity index (χ1) is 9.52. The number of hydrogen-bond donors (Lipinski definition) is 2. The van der Waals surface area contributed by atoms with Gasteiger partial charge in [-0.15, -0.1) is 0 Å². The minimum atomic E-state index is -0.488. The van der Waals surface area contributed by atoms with Gasteiger partial charge in [0.25, 0.3) is 0 Å². The minimum absolute atomic E-state index is 0.0921. The van der Waals surface area contributed by atoms with Crippen molar-refractivity contribution in [2.75, 3.05) is 23.8 Å². The Morgan fingerprint density at radius 3 is 2.75 bits per heavy atom. The van der Waals surface area contributed by atoms with Crippen LogP contribution in [0.1, 0.15) is 25.8 Å². The third kappa shape index (κ3) is 2.94. The summed E-state index contributed by atoms with van der Waals surface area (Å²) in [7, 11) is 0. The van der Waals surface area contributed by atoms with Crippen molar-refractivity contribution in [2.45, 2.75) is 38.5 Å². The molecule has 0 spiro atoms. The fourth-order valence-electron chi connectivity index (χ4n) is 2.48. The Morgan fingerprint density at radius 2 is 2.00 bits per heavy atom. The Balaban J connectivity index is 1.65. The van der Waals surface area contributed by atoms with E-state index in [1.807, 2.05) is 26.0 Å². The number of carbonyl (C=O) groups excluding carboxylic acids is 1. The molecule has 1 amide bonds. The highest BCUT2D eigenvalue weighted by Crippen LogP contribution is 2.27. The van der Waals surface area contributed by atoms with Crippen LogP contribution >= 0.6 is 0 Å². The van der Waals surface area contributed by atoms with Gasteiger partial charge in [-0.1, -0.05) is 0 Å². The van der Waals surface area contributed by atoms with Crippen LogP contribution in [-0.2, 0) is 20.7 Å². The van der Waals surface area contributed by atoms with E-state index in [1.54, 1.807) is 0 Å². The standard InChI is InChI=1S/C15H20N2O3/c1-15(2)19-8-12(9-20-15)16-11-4-5-13-10(7-11)3-6-14(18)17-13/h4-5,7,12,16H,3,6,8-9H2,1-2H3,(H,17,18). The zero-order valence-electron chi connectivity index (χ0n) is 11.9. The molecule has 1 saturated heterocycles. The molecule has 0 radical (unpaired) electrons. The van der Waals surface area contributed by atoms with E-state index in [1.165, 1.54) is 5.56 Å². The molecule has 3 rings (SSSR count). The Morgan fingerprint density at radius 1 is 1.25 bits per heavy atom. The number of ether oxygens (including phenoxy) is 2. The van der Waals surface area contributed by atoms with E-state index in [0.717, 1.165) is 17.8 Å². The second-order valence-corrected chi connectivity index (χ2v) is 5.78. The molecular weight excluding hydrogens is 256 g/mol. The van der Waals surface area contributed by atoms with Crippen LogP contribution in [-0.4, -0.2) is 30.9 Å². The summed E-state index contributed by atoms with van der Waals surface area (Å²) in [6.07, 6.45) is 1.35. The van der Waals surface area contributed by atoms with Gasteiger partial charge in [-0.05, 0) is 44.0 Å². The van der Waals surface area contributed by atoms with Gasteiger partial charge in [0.2, 0.25) is 5.91 Å². The predicted octanol–water partition coefficient (Wildman–Crippen LogP) is 2.13. The van der Waals surface area contributed by atoms with Crippen molar-refractivity contribution in [3.63, 3.8) is 0 Å². The number of amides is 1. The average molecular weight is 276 g/mol. The van der Waals surface area contributed by atoms with E-state index in [9.17, 15) is 4.79 Å². The maximum Gasteiger partial charge on any atom is 0.224 e. The first-order valence-corrected chi connectivity index (χ1v) is 6.99. The number of anilines is 2. The van der Waals surface area contributed by atoms with Crippen molar-refractivity contribution < 1.29 is 14.3 Å². The molecule has 2 aliphatic heterocycles. The van der Waals surface area contributed by atoms with Crippen LogP contribution in [0.25, 0.3) is 0 Å². The lowest BCUT2D eigenvalue weighted by Crippen LogP contribution is -2.45. The highest BCUT2D eigenvalue weighted by Gasteiger charge is 2.28. The highest BCUT2D eigenvalue weighted by atomic mass is 16.7. The van der Waals surface area contributed by atoms with E-state index < -0.39 is 5.79 Å². The lowest BCUT2D eigenvalue weighted by atomic mass is 10.0. The second kappa shape index (κ2) is 5.07. The van der Waals surface area contributed by atoms with Crippen LogP contribution in [0.4, 0.5) is 11.4 Å². The molecule has 0 aromatic heterocycles. The molecule has 2 aliphatic rings. The lowest BCUT2D eigenvalue weighted by Gasteiger charge is -2.35. The number of rotatable bonds is 2. The number of nitrogens with one attached hydrogen (secondary N) is 2. The van der Waals surface area contributed by atoms with Crippen molar-refractivity contribution in [1.82, 2.24) is 0 Å². The number of fused-ring (bicyclic) bond motifs is 1. The Hall–Kier alpha value is -1.59. The fraction of sp³-hybridized carbons (Fsp3) is 0.533. The predicted molar refractivity (Wildman–Crippen MR) is 76.8 cm³/mol. The summed E-state index contributed by atoms with van der Waals surface area (Å²) < 4.78 is 11.3. The largest absolute Gasteiger partial charge is 0.378 e. The first kappa shape index (κ1) is 13.4. The van der Waals surface area contributed by atoms with Crippen LogP contribution < -0.4 is 10.6 Å². The van der Waals surface area contributed by atoms with Gasteiger partial charge in [0, 0.05) is 17.8 Å². The van der Waals surface area contributed by atoms with Gasteiger partial charge in [-0.25, -0.2) is 0 Å². The summed E-state index contributed by atoms with van der Waals surface area (Å²) >= 11 is 0. The molecule has 108 valence electrons. The zero-order chi connectivity index (χ0) is 14.2. The third-order valence-electron chi connectivity index (χ3n) is 3.64. The molecule has 0 bridgehead atoms. The molecule has 0 atom stereocenters. The maximum absolute atomic E-state index is 11.3. The Bertz CT molecular complexity index is 518. The Kier molecular flexibility index (Phi) is 3.40. The van der Waals surface area contributed by atoms with Crippen LogP contribution in [0.5, 0.6) is 0 Å².